The van der Waals surface area contributed by atoms with Crippen LogP contribution in [0.25, 0.3) is 0 Å². The number of carbonyl (C=O) groups is 3. The Hall–Kier alpha value is -2.66. The molecule has 0 saturated heterocycles. The summed E-state index contributed by atoms with van der Waals surface area (Å²) in [7, 11) is 0. The lowest BCUT2D eigenvalue weighted by atomic mass is 10.0. The first kappa shape index (κ1) is 18.1. The van der Waals surface area contributed by atoms with Crippen LogP contribution in [0.1, 0.15) is 35.7 Å². The molecular weight excluding hydrogens is 352 g/mol. The molecule has 26 heavy (non-hydrogen) atoms. The minimum absolute atomic E-state index is 0.0836. The van der Waals surface area contributed by atoms with E-state index in [4.69, 9.17) is 11.6 Å². The normalized spacial score (nSPS) is 14.4. The van der Waals surface area contributed by atoms with Crippen LogP contribution >= 0.6 is 11.6 Å². The number of Topliss-reactive ketones (excluding diaryl/α,β-unsaturated/α-hetero) is 1. The molecule has 0 heterocycles. The quantitative estimate of drug-likeness (QED) is 0.602. The summed E-state index contributed by atoms with van der Waals surface area (Å²) in [5, 5.41) is 6.13. The van der Waals surface area contributed by atoms with E-state index in [0.29, 0.717) is 29.1 Å². The zero-order valence-electron chi connectivity index (χ0n) is 14.3. The number of benzene rings is 2. The van der Waals surface area contributed by atoms with Crippen LogP contribution in [0, 0.1) is 5.41 Å². The van der Waals surface area contributed by atoms with Crippen molar-refractivity contribution in [3.05, 3.63) is 64.7 Å². The van der Waals surface area contributed by atoms with Crippen molar-refractivity contribution in [1.29, 1.82) is 0 Å². The molecule has 2 N–H and O–H groups in total. The minimum Gasteiger partial charge on any atom is -0.351 e. The lowest BCUT2D eigenvalue weighted by Gasteiger charge is -2.16. The fourth-order valence-electron chi connectivity index (χ4n) is 2.74. The van der Waals surface area contributed by atoms with Gasteiger partial charge in [0.25, 0.3) is 0 Å². The minimum atomic E-state index is -1.05. The Morgan fingerprint density at radius 2 is 1.77 bits per heavy atom. The number of ketones is 1. The van der Waals surface area contributed by atoms with E-state index in [9.17, 15) is 14.4 Å². The number of amides is 2. The number of carbonyl (C=O) groups excluding carboxylic acids is 3. The zero-order chi connectivity index (χ0) is 18.7. The highest BCUT2D eigenvalue weighted by atomic mass is 35.5. The molecule has 2 aromatic carbocycles. The van der Waals surface area contributed by atoms with E-state index in [0.717, 1.165) is 5.56 Å². The molecular formula is C20H19ClN2O3. The van der Waals surface area contributed by atoms with E-state index in [1.54, 1.807) is 30.3 Å². The molecule has 134 valence electrons. The topological polar surface area (TPSA) is 75.3 Å². The van der Waals surface area contributed by atoms with Crippen molar-refractivity contribution in [2.75, 3.05) is 5.32 Å². The second-order valence-corrected chi connectivity index (χ2v) is 6.85. The average molecular weight is 371 g/mol. The largest absolute Gasteiger partial charge is 0.351 e. The van der Waals surface area contributed by atoms with Crippen LogP contribution in [0.3, 0.4) is 0 Å². The van der Waals surface area contributed by atoms with E-state index < -0.39 is 5.41 Å². The Morgan fingerprint density at radius 1 is 1.04 bits per heavy atom. The van der Waals surface area contributed by atoms with E-state index >= 15 is 0 Å². The summed E-state index contributed by atoms with van der Waals surface area (Å²) < 4.78 is 0. The van der Waals surface area contributed by atoms with Gasteiger partial charge in [0.2, 0.25) is 11.8 Å². The Labute approximate surface area is 156 Å². The molecule has 1 aliphatic carbocycles. The molecule has 0 atom stereocenters. The number of halogens is 1. The first-order valence-electron chi connectivity index (χ1n) is 8.36. The molecule has 1 saturated carbocycles. The molecule has 1 aliphatic rings. The van der Waals surface area contributed by atoms with Crippen molar-refractivity contribution in [2.45, 2.75) is 26.3 Å². The van der Waals surface area contributed by atoms with Crippen LogP contribution in [0.2, 0.25) is 5.02 Å². The van der Waals surface area contributed by atoms with Crippen LogP contribution in [0.5, 0.6) is 0 Å². The molecule has 0 spiro atoms. The standard InChI is InChI=1S/C20H19ClN2O3/c1-13(24)14-6-4-7-16(11-14)23-19(26)20(9-10-20)18(25)22-12-15-5-2-3-8-17(15)21/h2-8,11H,9-10,12H2,1H3,(H,22,25)(H,23,26). The highest BCUT2D eigenvalue weighted by molar-refractivity contribution is 6.31. The smallest absolute Gasteiger partial charge is 0.240 e. The molecule has 2 amide bonds. The highest BCUT2D eigenvalue weighted by Gasteiger charge is 2.56. The molecule has 2 aromatic rings. The van der Waals surface area contributed by atoms with E-state index in [-0.39, 0.29) is 24.1 Å². The highest BCUT2D eigenvalue weighted by Crippen LogP contribution is 2.47. The third kappa shape index (κ3) is 3.78. The van der Waals surface area contributed by atoms with Gasteiger partial charge in [0.05, 0.1) is 0 Å². The predicted molar refractivity (Wildman–Crippen MR) is 100 cm³/mol. The van der Waals surface area contributed by atoms with Crippen molar-refractivity contribution in [3.63, 3.8) is 0 Å². The van der Waals surface area contributed by atoms with Crippen molar-refractivity contribution in [1.82, 2.24) is 5.32 Å². The SMILES string of the molecule is CC(=O)c1cccc(NC(=O)C2(C(=O)NCc3ccccc3Cl)CC2)c1. The van der Waals surface area contributed by atoms with E-state index in [1.807, 2.05) is 18.2 Å². The van der Waals surface area contributed by atoms with Gasteiger partial charge in [-0.05, 0) is 43.5 Å². The summed E-state index contributed by atoms with van der Waals surface area (Å²) in [5.41, 5.74) is 0.768. The number of hydrogen-bond donors (Lipinski definition) is 2. The Kier molecular flexibility index (Phi) is 5.09. The van der Waals surface area contributed by atoms with Gasteiger partial charge in [0, 0.05) is 22.8 Å². The van der Waals surface area contributed by atoms with Crippen molar-refractivity contribution in [3.8, 4) is 0 Å². The predicted octanol–water partition coefficient (Wildman–Crippen LogP) is 3.58. The van der Waals surface area contributed by atoms with Crippen LogP contribution in [-0.2, 0) is 16.1 Å². The summed E-state index contributed by atoms with van der Waals surface area (Å²) in [6.07, 6.45) is 0.999. The van der Waals surface area contributed by atoms with Gasteiger partial charge >= 0.3 is 0 Å². The Bertz CT molecular complexity index is 875. The van der Waals surface area contributed by atoms with Crippen LogP contribution < -0.4 is 10.6 Å². The van der Waals surface area contributed by atoms with Gasteiger partial charge in [-0.15, -0.1) is 0 Å². The lowest BCUT2D eigenvalue weighted by molar-refractivity contribution is -0.134. The molecule has 0 radical (unpaired) electrons. The second-order valence-electron chi connectivity index (χ2n) is 6.45. The van der Waals surface area contributed by atoms with Crippen LogP contribution in [0.4, 0.5) is 5.69 Å². The second kappa shape index (κ2) is 7.30. The van der Waals surface area contributed by atoms with Crippen LogP contribution in [0.15, 0.2) is 48.5 Å². The first-order valence-corrected chi connectivity index (χ1v) is 8.74. The third-order valence-electron chi connectivity index (χ3n) is 4.54. The van der Waals surface area contributed by atoms with Gasteiger partial charge in [-0.2, -0.15) is 0 Å². The maximum Gasteiger partial charge on any atom is 0.240 e. The molecule has 0 aromatic heterocycles. The molecule has 0 unspecified atom stereocenters. The summed E-state index contributed by atoms with van der Waals surface area (Å²) in [6, 6.07) is 13.9. The van der Waals surface area contributed by atoms with Gasteiger partial charge in [-0.25, -0.2) is 0 Å². The molecule has 0 bridgehead atoms. The maximum atomic E-state index is 12.6. The molecule has 1 fully saturated rings. The molecule has 0 aliphatic heterocycles. The van der Waals surface area contributed by atoms with Gasteiger partial charge in [0.15, 0.2) is 5.78 Å². The fraction of sp³-hybridized carbons (Fsp3) is 0.250. The van der Waals surface area contributed by atoms with Gasteiger partial charge in [0.1, 0.15) is 5.41 Å². The molecule has 5 nitrogen and oxygen atoms in total. The lowest BCUT2D eigenvalue weighted by Crippen LogP contribution is -2.39. The number of anilines is 1. The monoisotopic (exact) mass is 370 g/mol. The Balaban J connectivity index is 1.65. The number of nitrogens with one attached hydrogen (secondary N) is 2. The van der Waals surface area contributed by atoms with Gasteiger partial charge in [-0.1, -0.05) is 41.9 Å². The van der Waals surface area contributed by atoms with Crippen molar-refractivity contribution >= 4 is 34.9 Å². The van der Waals surface area contributed by atoms with Gasteiger partial charge < -0.3 is 10.6 Å². The fourth-order valence-corrected chi connectivity index (χ4v) is 2.94. The zero-order valence-corrected chi connectivity index (χ0v) is 15.1. The average Bonchev–Trinajstić information content (AvgIpc) is 3.43. The molecule has 3 rings (SSSR count). The van der Waals surface area contributed by atoms with Gasteiger partial charge in [-0.3, -0.25) is 14.4 Å². The summed E-state index contributed by atoms with van der Waals surface area (Å²) in [5.74, 6) is -0.743. The molecule has 6 heteroatoms. The number of rotatable bonds is 6. The van der Waals surface area contributed by atoms with E-state index in [1.165, 1.54) is 6.92 Å². The van der Waals surface area contributed by atoms with Crippen molar-refractivity contribution in [2.24, 2.45) is 5.41 Å². The number of hydrogen-bond acceptors (Lipinski definition) is 3. The van der Waals surface area contributed by atoms with Crippen LogP contribution in [-0.4, -0.2) is 17.6 Å². The first-order chi connectivity index (χ1) is 12.4. The summed E-state index contributed by atoms with van der Waals surface area (Å²) >= 11 is 6.09. The summed E-state index contributed by atoms with van der Waals surface area (Å²) in [4.78, 5) is 36.6. The van der Waals surface area contributed by atoms with Crippen molar-refractivity contribution < 1.29 is 14.4 Å². The maximum absolute atomic E-state index is 12.6. The third-order valence-corrected chi connectivity index (χ3v) is 4.91. The van der Waals surface area contributed by atoms with E-state index in [2.05, 4.69) is 10.6 Å². The summed E-state index contributed by atoms with van der Waals surface area (Å²) in [6.45, 7) is 1.73. The Morgan fingerprint density at radius 3 is 2.42 bits per heavy atom.